The van der Waals surface area contributed by atoms with Gasteiger partial charge in [0, 0.05) is 112 Å². The molecule has 3 aromatic carbocycles. The number of aromatic nitrogens is 2. The first-order valence-corrected chi connectivity index (χ1v) is 20.5. The van der Waals surface area contributed by atoms with E-state index in [1.54, 1.807) is 26.5 Å². The summed E-state index contributed by atoms with van der Waals surface area (Å²) in [5, 5.41) is 10.2. The lowest BCUT2D eigenvalue weighted by Gasteiger charge is -2.36. The Balaban J connectivity index is 0.000000303. The number of pyridine rings is 2. The lowest BCUT2D eigenvalue weighted by molar-refractivity contribution is 0.250. The predicted molar refractivity (Wildman–Crippen MR) is 254 cm³/mol. The summed E-state index contributed by atoms with van der Waals surface area (Å²) < 4.78 is 10.6. The molecular weight excluding hydrogens is 826 g/mol. The van der Waals surface area contributed by atoms with E-state index in [4.69, 9.17) is 43.5 Å². The number of nitrogen functional groups attached to an aromatic ring is 1. The molecule has 2 aliphatic rings. The quantitative estimate of drug-likeness (QED) is 0.0681. The van der Waals surface area contributed by atoms with E-state index in [2.05, 4.69) is 92.3 Å². The lowest BCUT2D eigenvalue weighted by Crippen LogP contribution is -2.46. The first-order valence-electron chi connectivity index (χ1n) is 19.4. The number of ether oxygens (including phenoxy) is 2. The monoisotopic (exact) mass is 883 g/mol. The van der Waals surface area contributed by atoms with Crippen LogP contribution >= 0.6 is 48.0 Å². The van der Waals surface area contributed by atoms with E-state index in [0.29, 0.717) is 24.1 Å². The molecule has 9 nitrogen and oxygen atoms in total. The SMILES string of the molecule is CCCCO.COc1cc(N)c2ncccc2c1.COc1cc(N2CCN(Cc3ccccc3)CC2)c2ncccc2c1.Cl.Cl.ClCCN(CCCl)CC1=CC=C[C+]=C1. The maximum Gasteiger partial charge on any atom is 0.121 e. The molecule has 0 bridgehead atoms. The van der Waals surface area contributed by atoms with Crippen LogP contribution in [0.25, 0.3) is 21.8 Å². The molecule has 318 valence electrons. The average Bonchev–Trinajstić information content (AvgIpc) is 3.25. The number of hydrogen-bond donors (Lipinski definition) is 2. The van der Waals surface area contributed by atoms with Gasteiger partial charge in [0.2, 0.25) is 0 Å². The summed E-state index contributed by atoms with van der Waals surface area (Å²) >= 11 is 11.4. The highest BCUT2D eigenvalue weighted by Crippen LogP contribution is 2.31. The van der Waals surface area contributed by atoms with Gasteiger partial charge in [-0.25, -0.2) is 0 Å². The minimum absolute atomic E-state index is 0. The van der Waals surface area contributed by atoms with Crippen LogP contribution in [0.3, 0.4) is 0 Å². The Kier molecular flexibility index (Phi) is 25.2. The number of anilines is 2. The zero-order chi connectivity index (χ0) is 40.7. The van der Waals surface area contributed by atoms with Gasteiger partial charge in [-0.2, -0.15) is 0 Å². The molecule has 0 unspecified atom stereocenters. The molecule has 7 rings (SSSR count). The molecule has 0 atom stereocenters. The molecule has 0 amide bonds. The molecule has 2 aromatic heterocycles. The highest BCUT2D eigenvalue weighted by molar-refractivity contribution is 6.18. The Morgan fingerprint density at radius 3 is 1.97 bits per heavy atom. The molecule has 3 N–H and O–H groups in total. The van der Waals surface area contributed by atoms with Gasteiger partial charge in [0.15, 0.2) is 0 Å². The summed E-state index contributed by atoms with van der Waals surface area (Å²) in [4.78, 5) is 16.0. The van der Waals surface area contributed by atoms with Gasteiger partial charge < -0.3 is 25.2 Å². The number of methoxy groups -OCH3 is 2. The number of aliphatic hydroxyl groups excluding tert-OH is 1. The minimum atomic E-state index is 0. The van der Waals surface area contributed by atoms with E-state index in [-0.39, 0.29) is 24.8 Å². The number of rotatable bonds is 13. The molecule has 0 radical (unpaired) electrons. The molecule has 13 heteroatoms. The number of halogens is 4. The van der Waals surface area contributed by atoms with E-state index < -0.39 is 0 Å². The van der Waals surface area contributed by atoms with Crippen molar-refractivity contribution in [3.05, 3.63) is 133 Å². The zero-order valence-corrected chi connectivity index (χ0v) is 37.5. The van der Waals surface area contributed by atoms with Crippen molar-refractivity contribution >= 4 is 81.2 Å². The van der Waals surface area contributed by atoms with Crippen molar-refractivity contribution in [2.75, 3.05) is 89.0 Å². The topological polar surface area (TPSA) is 100 Å². The van der Waals surface area contributed by atoms with Crippen molar-refractivity contribution in [1.29, 1.82) is 0 Å². The van der Waals surface area contributed by atoms with Crippen molar-refractivity contribution in [3.63, 3.8) is 0 Å². The Labute approximate surface area is 373 Å². The number of benzene rings is 3. The number of nitrogens with two attached hydrogens (primary N) is 1. The van der Waals surface area contributed by atoms with E-state index >= 15 is 0 Å². The smallest absolute Gasteiger partial charge is 0.121 e. The normalized spacial score (nSPS) is 12.9. The third-order valence-corrected chi connectivity index (χ3v) is 9.63. The third-order valence-electron chi connectivity index (χ3n) is 9.29. The first kappa shape index (κ1) is 51.0. The molecule has 59 heavy (non-hydrogen) atoms. The molecule has 3 heterocycles. The molecule has 0 spiro atoms. The van der Waals surface area contributed by atoms with E-state index in [0.717, 1.165) is 98.5 Å². The lowest BCUT2D eigenvalue weighted by atomic mass is 10.1. The zero-order valence-electron chi connectivity index (χ0n) is 34.3. The fourth-order valence-corrected chi connectivity index (χ4v) is 6.74. The second-order valence-electron chi connectivity index (χ2n) is 13.4. The Bertz CT molecular complexity index is 2000. The number of aliphatic hydroxyl groups is 1. The van der Waals surface area contributed by atoms with Gasteiger partial charge in [-0.3, -0.25) is 19.8 Å². The summed E-state index contributed by atoms with van der Waals surface area (Å²) in [6.45, 7) is 10.2. The number of nitrogens with zero attached hydrogens (tertiary/aromatic N) is 5. The molecule has 1 saturated heterocycles. The van der Waals surface area contributed by atoms with Gasteiger partial charge in [0.25, 0.3) is 0 Å². The van der Waals surface area contributed by atoms with Crippen LogP contribution in [0.4, 0.5) is 11.4 Å². The van der Waals surface area contributed by atoms with Crippen LogP contribution in [-0.2, 0) is 6.54 Å². The van der Waals surface area contributed by atoms with E-state index in [9.17, 15) is 0 Å². The number of allylic oxidation sites excluding steroid dienone is 4. The van der Waals surface area contributed by atoms with Crippen molar-refractivity contribution in [2.24, 2.45) is 0 Å². The highest BCUT2D eigenvalue weighted by atomic mass is 35.5. The van der Waals surface area contributed by atoms with Crippen LogP contribution in [0.2, 0.25) is 0 Å². The van der Waals surface area contributed by atoms with Gasteiger partial charge in [-0.1, -0.05) is 55.8 Å². The Morgan fingerprint density at radius 2 is 1.42 bits per heavy atom. The summed E-state index contributed by atoms with van der Waals surface area (Å²) in [7, 11) is 3.34. The van der Waals surface area contributed by atoms with Gasteiger partial charge in [-0.15, -0.1) is 48.0 Å². The van der Waals surface area contributed by atoms with Crippen molar-refractivity contribution < 1.29 is 14.6 Å². The summed E-state index contributed by atoms with van der Waals surface area (Å²) in [5.74, 6) is 2.95. The Hall–Kier alpha value is -4.15. The Morgan fingerprint density at radius 1 is 0.814 bits per heavy atom. The highest BCUT2D eigenvalue weighted by Gasteiger charge is 2.20. The average molecular weight is 886 g/mol. The molecule has 1 aliphatic heterocycles. The van der Waals surface area contributed by atoms with Crippen LogP contribution in [0, 0.1) is 6.08 Å². The van der Waals surface area contributed by atoms with Gasteiger partial charge in [0.05, 0.1) is 54.8 Å². The second kappa shape index (κ2) is 29.1. The van der Waals surface area contributed by atoms with Crippen LogP contribution in [0.5, 0.6) is 11.5 Å². The second-order valence-corrected chi connectivity index (χ2v) is 14.2. The maximum absolute atomic E-state index is 8.07. The van der Waals surface area contributed by atoms with Crippen LogP contribution in [0.1, 0.15) is 25.3 Å². The summed E-state index contributed by atoms with van der Waals surface area (Å²) in [6, 6.07) is 26.5. The summed E-state index contributed by atoms with van der Waals surface area (Å²) in [5.41, 5.74) is 12.1. The number of fused-ring (bicyclic) bond motifs is 2. The number of unbranched alkanes of at least 4 members (excludes halogenated alkanes) is 1. The largest absolute Gasteiger partial charge is 0.497 e. The van der Waals surface area contributed by atoms with Gasteiger partial charge >= 0.3 is 0 Å². The van der Waals surface area contributed by atoms with Crippen LogP contribution in [-0.4, -0.2) is 103 Å². The van der Waals surface area contributed by atoms with E-state index in [1.807, 2.05) is 48.7 Å². The molecule has 1 fully saturated rings. The van der Waals surface area contributed by atoms with Crippen molar-refractivity contribution in [2.45, 2.75) is 26.3 Å². The van der Waals surface area contributed by atoms with Gasteiger partial charge in [0.1, 0.15) is 23.7 Å². The predicted octanol–water partition coefficient (Wildman–Crippen LogP) is 9.64. The van der Waals surface area contributed by atoms with Crippen LogP contribution < -0.4 is 20.1 Å². The number of alkyl halides is 2. The first-order chi connectivity index (χ1) is 27.9. The fourth-order valence-electron chi connectivity index (χ4n) is 6.26. The number of hydrogen-bond acceptors (Lipinski definition) is 9. The van der Waals surface area contributed by atoms with Crippen LogP contribution in [0.15, 0.2) is 121 Å². The fraction of sp³-hybridized carbons (Fsp3) is 0.348. The van der Waals surface area contributed by atoms with E-state index in [1.165, 1.54) is 16.8 Å². The molecule has 5 aromatic rings. The number of piperazine rings is 1. The molecule has 1 aliphatic carbocycles. The van der Waals surface area contributed by atoms with Crippen molar-refractivity contribution in [1.82, 2.24) is 19.8 Å². The maximum atomic E-state index is 8.07. The van der Waals surface area contributed by atoms with Crippen molar-refractivity contribution in [3.8, 4) is 11.5 Å². The minimum Gasteiger partial charge on any atom is -0.497 e. The molecule has 0 saturated carbocycles. The third kappa shape index (κ3) is 17.2. The summed E-state index contributed by atoms with van der Waals surface area (Å²) in [6.07, 6.45) is 16.7. The standard InChI is InChI=1S/C21H23N3O.C11H14Cl2N.C10H10N2O.C4H10O.2ClH/c1-25-19-14-18-8-5-9-22-21(18)20(15-19)24-12-10-23(11-13-24)16-17-6-3-2-4-7-17;12-6-8-14(9-7-13)10-11-4-2-1-3-5-11;1-13-8-5-7-3-2-4-12-10(7)9(11)6-8;1-2-3-4-5;;/h2-9,14-15H,10-13,16H2,1H3;1-2,4-5H,6-10H2;2-6H,11H2,1H3;5H,2-4H2,1H3;2*1H/q;+1;;;;. The molecular formula is C46H59Cl4N6O3+. The van der Waals surface area contributed by atoms with Gasteiger partial charge in [-0.05, 0) is 36.2 Å².